The Morgan fingerprint density at radius 1 is 1.62 bits per heavy atom. The Bertz CT molecular complexity index is 468. The van der Waals surface area contributed by atoms with Crippen LogP contribution < -0.4 is 10.3 Å². The molecule has 2 heterocycles. The number of ether oxygens (including phenoxy) is 1. The minimum Gasteiger partial charge on any atom is -0.487 e. The van der Waals surface area contributed by atoms with Crippen molar-refractivity contribution in [2.24, 2.45) is 0 Å². The number of nitrogens with zero attached hydrogens (tertiary/aromatic N) is 1. The third-order valence-electron chi connectivity index (χ3n) is 2.38. The van der Waals surface area contributed by atoms with Crippen molar-refractivity contribution in [2.45, 2.75) is 19.6 Å². The lowest BCUT2D eigenvalue weighted by atomic mass is 10.3. The summed E-state index contributed by atoms with van der Waals surface area (Å²) in [4.78, 5) is 25.9. The van der Waals surface area contributed by atoms with Gasteiger partial charge in [0.05, 0.1) is 18.8 Å². The normalized spacial score (nSPS) is 19.6. The Hall–Kier alpha value is -1.98. The summed E-state index contributed by atoms with van der Waals surface area (Å²) in [5.41, 5.74) is 0.237. The monoisotopic (exact) mass is 224 g/mol. The second kappa shape index (κ2) is 3.88. The molecule has 0 saturated heterocycles. The van der Waals surface area contributed by atoms with Gasteiger partial charge in [-0.25, -0.2) is 4.79 Å². The van der Waals surface area contributed by atoms with E-state index in [-0.39, 0.29) is 24.8 Å². The zero-order chi connectivity index (χ0) is 11.7. The molecule has 86 valence electrons. The summed E-state index contributed by atoms with van der Waals surface area (Å²) in [6.45, 7) is 2.22. The van der Waals surface area contributed by atoms with Crippen LogP contribution in [0.4, 0.5) is 4.79 Å². The van der Waals surface area contributed by atoms with Gasteiger partial charge in [-0.3, -0.25) is 9.69 Å². The molecule has 0 spiro atoms. The number of fused-ring (bicyclic) bond motifs is 1. The van der Waals surface area contributed by atoms with Gasteiger partial charge in [-0.1, -0.05) is 0 Å². The third-order valence-corrected chi connectivity index (χ3v) is 2.38. The van der Waals surface area contributed by atoms with Crippen molar-refractivity contribution in [1.29, 1.82) is 0 Å². The molecule has 1 atom stereocenters. The SMILES string of the molecule is C[C@@H]1CN(C(=O)O)Cc2[nH]c(=O)ccc2O1. The third kappa shape index (κ3) is 2.00. The van der Waals surface area contributed by atoms with Gasteiger partial charge in [0.25, 0.3) is 0 Å². The highest BCUT2D eigenvalue weighted by molar-refractivity contribution is 5.65. The van der Waals surface area contributed by atoms with Crippen LogP contribution in [0.25, 0.3) is 0 Å². The molecule has 0 aliphatic carbocycles. The van der Waals surface area contributed by atoms with Crippen molar-refractivity contribution < 1.29 is 14.6 Å². The van der Waals surface area contributed by atoms with Crippen molar-refractivity contribution in [2.75, 3.05) is 6.54 Å². The molecular weight excluding hydrogens is 212 g/mol. The van der Waals surface area contributed by atoms with E-state index in [0.29, 0.717) is 11.4 Å². The molecule has 6 heteroatoms. The number of carboxylic acid groups (broad SMARTS) is 1. The second-order valence-electron chi connectivity index (χ2n) is 3.76. The number of aromatic amines is 1. The standard InChI is InChI=1S/C10H12N2O4/c1-6-4-12(10(14)15)5-7-8(16-6)2-3-9(13)11-7/h2-3,6H,4-5H2,1H3,(H,11,13)(H,14,15)/t6-/m1/s1. The molecule has 1 aromatic heterocycles. The molecule has 0 radical (unpaired) electrons. The number of hydrogen-bond acceptors (Lipinski definition) is 3. The van der Waals surface area contributed by atoms with E-state index in [1.165, 1.54) is 11.0 Å². The van der Waals surface area contributed by atoms with Gasteiger partial charge >= 0.3 is 6.09 Å². The van der Waals surface area contributed by atoms with E-state index in [4.69, 9.17) is 9.84 Å². The van der Waals surface area contributed by atoms with E-state index in [1.807, 2.05) is 0 Å². The lowest BCUT2D eigenvalue weighted by molar-refractivity contribution is 0.121. The molecule has 1 amide bonds. The van der Waals surface area contributed by atoms with Crippen LogP contribution >= 0.6 is 0 Å². The maximum atomic E-state index is 11.1. The van der Waals surface area contributed by atoms with Gasteiger partial charge in [-0.15, -0.1) is 0 Å². The highest BCUT2D eigenvalue weighted by atomic mass is 16.5. The van der Waals surface area contributed by atoms with Crippen molar-refractivity contribution in [3.05, 3.63) is 28.2 Å². The second-order valence-corrected chi connectivity index (χ2v) is 3.76. The van der Waals surface area contributed by atoms with Crippen molar-refractivity contribution >= 4 is 6.09 Å². The summed E-state index contributed by atoms with van der Waals surface area (Å²) < 4.78 is 5.52. The minimum atomic E-state index is -1.02. The molecule has 1 aliphatic rings. The first-order chi connectivity index (χ1) is 7.56. The number of aromatic nitrogens is 1. The number of nitrogens with one attached hydrogen (secondary N) is 1. The number of hydrogen-bond donors (Lipinski definition) is 2. The lowest BCUT2D eigenvalue weighted by Gasteiger charge is -2.17. The van der Waals surface area contributed by atoms with Gasteiger partial charge in [0, 0.05) is 6.07 Å². The molecule has 0 unspecified atom stereocenters. The van der Waals surface area contributed by atoms with Crippen LogP contribution in [-0.2, 0) is 6.54 Å². The average molecular weight is 224 g/mol. The fourth-order valence-electron chi connectivity index (χ4n) is 1.70. The van der Waals surface area contributed by atoms with Crippen LogP contribution in [0.2, 0.25) is 0 Å². The Morgan fingerprint density at radius 3 is 3.06 bits per heavy atom. The van der Waals surface area contributed by atoms with Crippen LogP contribution in [0.1, 0.15) is 12.6 Å². The van der Waals surface area contributed by atoms with Crippen LogP contribution in [0.5, 0.6) is 5.75 Å². The average Bonchev–Trinajstić information content (AvgIpc) is 2.36. The van der Waals surface area contributed by atoms with Crippen LogP contribution in [0.3, 0.4) is 0 Å². The quantitative estimate of drug-likeness (QED) is 0.677. The summed E-state index contributed by atoms with van der Waals surface area (Å²) >= 11 is 0. The molecular formula is C10H12N2O4. The first-order valence-corrected chi connectivity index (χ1v) is 4.93. The maximum absolute atomic E-state index is 11.1. The highest BCUT2D eigenvalue weighted by Crippen LogP contribution is 2.21. The molecule has 0 fully saturated rings. The number of H-pyrrole nitrogens is 1. The number of amides is 1. The molecule has 6 nitrogen and oxygen atoms in total. The van der Waals surface area contributed by atoms with Crippen LogP contribution in [-0.4, -0.2) is 33.7 Å². The Labute approximate surface area is 91.5 Å². The highest BCUT2D eigenvalue weighted by Gasteiger charge is 2.23. The van der Waals surface area contributed by atoms with Gasteiger partial charge in [0.1, 0.15) is 11.9 Å². The predicted octanol–water partition coefficient (Wildman–Crippen LogP) is 0.636. The lowest BCUT2D eigenvalue weighted by Crippen LogP contribution is -2.35. The predicted molar refractivity (Wildman–Crippen MR) is 55.6 cm³/mol. The van der Waals surface area contributed by atoms with E-state index < -0.39 is 6.09 Å². The molecule has 16 heavy (non-hydrogen) atoms. The summed E-state index contributed by atoms with van der Waals surface area (Å²) in [7, 11) is 0. The van der Waals surface area contributed by atoms with Gasteiger partial charge in [-0.2, -0.15) is 0 Å². The van der Waals surface area contributed by atoms with E-state index in [9.17, 15) is 9.59 Å². The smallest absolute Gasteiger partial charge is 0.407 e. The number of pyridine rings is 1. The van der Waals surface area contributed by atoms with Crippen molar-refractivity contribution in [1.82, 2.24) is 9.88 Å². The minimum absolute atomic E-state index is 0.144. The van der Waals surface area contributed by atoms with E-state index in [0.717, 1.165) is 0 Å². The first kappa shape index (κ1) is 10.5. The molecule has 0 bridgehead atoms. The summed E-state index contributed by atoms with van der Waals surface area (Å²) in [6, 6.07) is 2.93. The Balaban J connectivity index is 2.39. The van der Waals surface area contributed by atoms with Gasteiger partial charge < -0.3 is 14.8 Å². The summed E-state index contributed by atoms with van der Waals surface area (Å²) in [5, 5.41) is 8.95. The van der Waals surface area contributed by atoms with Gasteiger partial charge in [0.15, 0.2) is 0 Å². The zero-order valence-corrected chi connectivity index (χ0v) is 8.77. The molecule has 0 aromatic carbocycles. The largest absolute Gasteiger partial charge is 0.487 e. The number of carbonyl (C=O) groups is 1. The number of rotatable bonds is 0. The van der Waals surface area contributed by atoms with Crippen molar-refractivity contribution in [3.63, 3.8) is 0 Å². The Morgan fingerprint density at radius 2 is 2.38 bits per heavy atom. The fourth-order valence-corrected chi connectivity index (χ4v) is 1.70. The van der Waals surface area contributed by atoms with Crippen LogP contribution in [0.15, 0.2) is 16.9 Å². The molecule has 2 N–H and O–H groups in total. The van der Waals surface area contributed by atoms with E-state index >= 15 is 0 Å². The zero-order valence-electron chi connectivity index (χ0n) is 8.77. The molecule has 0 saturated carbocycles. The van der Waals surface area contributed by atoms with E-state index in [1.54, 1.807) is 13.0 Å². The van der Waals surface area contributed by atoms with E-state index in [2.05, 4.69) is 4.98 Å². The summed E-state index contributed by atoms with van der Waals surface area (Å²) in [6.07, 6.45) is -1.25. The molecule has 1 aliphatic heterocycles. The van der Waals surface area contributed by atoms with Gasteiger partial charge in [-0.05, 0) is 13.0 Å². The molecule has 1 aromatic rings. The summed E-state index contributed by atoms with van der Waals surface area (Å²) in [5.74, 6) is 0.538. The van der Waals surface area contributed by atoms with Crippen LogP contribution in [0, 0.1) is 0 Å². The fraction of sp³-hybridized carbons (Fsp3) is 0.400. The molecule has 2 rings (SSSR count). The van der Waals surface area contributed by atoms with Crippen molar-refractivity contribution in [3.8, 4) is 5.75 Å². The Kier molecular flexibility index (Phi) is 2.55. The first-order valence-electron chi connectivity index (χ1n) is 4.93. The maximum Gasteiger partial charge on any atom is 0.407 e. The van der Waals surface area contributed by atoms with Gasteiger partial charge in [0.2, 0.25) is 5.56 Å². The topological polar surface area (TPSA) is 82.6 Å².